The number of carbonyl (C=O) groups is 1. The summed E-state index contributed by atoms with van der Waals surface area (Å²) in [5.74, 6) is -0.0195. The van der Waals surface area contributed by atoms with Crippen molar-refractivity contribution in [2.75, 3.05) is 5.32 Å². The molecule has 0 heterocycles. The van der Waals surface area contributed by atoms with Crippen molar-refractivity contribution in [1.29, 1.82) is 0 Å². The lowest BCUT2D eigenvalue weighted by atomic mass is 9.87. The Morgan fingerprint density at radius 2 is 1.37 bits per heavy atom. The van der Waals surface area contributed by atoms with E-state index in [0.29, 0.717) is 5.56 Å². The van der Waals surface area contributed by atoms with Gasteiger partial charge in [-0.15, -0.1) is 0 Å². The molecule has 0 unspecified atom stereocenters. The smallest absolute Gasteiger partial charge is 0.187 e. The van der Waals surface area contributed by atoms with Crippen molar-refractivity contribution in [3.05, 3.63) is 108 Å². The second-order valence-electron chi connectivity index (χ2n) is 7.61. The third-order valence-electron chi connectivity index (χ3n) is 4.43. The normalized spacial score (nSPS) is 11.9. The van der Waals surface area contributed by atoms with Gasteiger partial charge < -0.3 is 5.32 Å². The number of hydrogen-bond acceptors (Lipinski definition) is 2. The van der Waals surface area contributed by atoms with Crippen LogP contribution in [0.4, 0.5) is 5.69 Å². The van der Waals surface area contributed by atoms with E-state index in [9.17, 15) is 4.79 Å². The molecule has 0 bridgehead atoms. The zero-order valence-corrected chi connectivity index (χ0v) is 16.1. The summed E-state index contributed by atoms with van der Waals surface area (Å²) in [5.41, 5.74) is 4.72. The quantitative estimate of drug-likeness (QED) is 0.428. The van der Waals surface area contributed by atoms with Crippen LogP contribution < -0.4 is 5.32 Å². The first kappa shape index (κ1) is 18.7. The number of allylic oxidation sites excluding steroid dienone is 1. The van der Waals surface area contributed by atoms with E-state index in [4.69, 9.17) is 0 Å². The molecule has 2 heteroatoms. The maximum Gasteiger partial charge on any atom is 0.187 e. The maximum absolute atomic E-state index is 12.7. The van der Waals surface area contributed by atoms with Gasteiger partial charge >= 0.3 is 0 Å². The molecule has 3 aromatic carbocycles. The predicted octanol–water partition coefficient (Wildman–Crippen LogP) is 6.32. The molecule has 0 radical (unpaired) electrons. The first-order valence-electron chi connectivity index (χ1n) is 9.17. The minimum absolute atomic E-state index is 0.0195. The summed E-state index contributed by atoms with van der Waals surface area (Å²) in [6.45, 7) is 6.58. The topological polar surface area (TPSA) is 29.1 Å². The van der Waals surface area contributed by atoms with E-state index in [-0.39, 0.29) is 11.2 Å². The van der Waals surface area contributed by atoms with Crippen molar-refractivity contribution in [2.45, 2.75) is 26.2 Å². The minimum Gasteiger partial charge on any atom is -0.355 e. The van der Waals surface area contributed by atoms with Crippen LogP contribution >= 0.6 is 0 Å². The van der Waals surface area contributed by atoms with E-state index in [2.05, 4.69) is 38.2 Å². The van der Waals surface area contributed by atoms with Gasteiger partial charge in [-0.2, -0.15) is 0 Å². The maximum atomic E-state index is 12.7. The van der Waals surface area contributed by atoms with Crippen LogP contribution in [0.25, 0.3) is 5.70 Å². The predicted molar refractivity (Wildman–Crippen MR) is 114 cm³/mol. The fraction of sp³-hybridized carbons (Fsp3) is 0.160. The van der Waals surface area contributed by atoms with Gasteiger partial charge in [0.1, 0.15) is 0 Å². The number of carbonyl (C=O) groups excluding carboxylic acids is 1. The lowest BCUT2D eigenvalue weighted by molar-refractivity contribution is 0.104. The van der Waals surface area contributed by atoms with Gasteiger partial charge in [-0.05, 0) is 28.7 Å². The number of anilines is 1. The van der Waals surface area contributed by atoms with Crippen LogP contribution in [0.15, 0.2) is 91.0 Å². The summed E-state index contributed by atoms with van der Waals surface area (Å²) in [5, 5.41) is 3.45. The first-order valence-corrected chi connectivity index (χ1v) is 9.17. The van der Waals surface area contributed by atoms with E-state index in [1.807, 2.05) is 72.8 Å². The molecular formula is C25H25NO. The number of nitrogens with one attached hydrogen (secondary N) is 1. The third kappa shape index (κ3) is 4.95. The zero-order chi connectivity index (χ0) is 19.3. The molecule has 0 aliphatic rings. The molecule has 0 atom stereocenters. The molecule has 0 saturated carbocycles. The van der Waals surface area contributed by atoms with Crippen molar-refractivity contribution in [3.8, 4) is 0 Å². The Morgan fingerprint density at radius 3 is 1.96 bits per heavy atom. The van der Waals surface area contributed by atoms with Gasteiger partial charge in [0, 0.05) is 23.0 Å². The van der Waals surface area contributed by atoms with Gasteiger partial charge in [0.15, 0.2) is 5.78 Å². The molecule has 0 spiro atoms. The fourth-order valence-corrected chi connectivity index (χ4v) is 2.85. The molecule has 2 nitrogen and oxygen atoms in total. The summed E-state index contributed by atoms with van der Waals surface area (Å²) < 4.78 is 0. The number of rotatable bonds is 5. The van der Waals surface area contributed by atoms with Crippen LogP contribution in [0, 0.1) is 0 Å². The van der Waals surface area contributed by atoms with Gasteiger partial charge in [-0.25, -0.2) is 0 Å². The summed E-state index contributed by atoms with van der Waals surface area (Å²) in [7, 11) is 0. The van der Waals surface area contributed by atoms with Gasteiger partial charge in [-0.1, -0.05) is 93.6 Å². The molecule has 1 N–H and O–H groups in total. The van der Waals surface area contributed by atoms with E-state index >= 15 is 0 Å². The second kappa shape index (κ2) is 8.05. The summed E-state index contributed by atoms with van der Waals surface area (Å²) in [6, 6.07) is 27.6. The van der Waals surface area contributed by atoms with Crippen molar-refractivity contribution < 1.29 is 4.79 Å². The van der Waals surface area contributed by atoms with Crippen molar-refractivity contribution >= 4 is 17.2 Å². The van der Waals surface area contributed by atoms with Crippen LogP contribution in [0.1, 0.15) is 42.3 Å². The number of hydrogen-bond donors (Lipinski definition) is 1. The molecule has 136 valence electrons. The van der Waals surface area contributed by atoms with Crippen molar-refractivity contribution in [1.82, 2.24) is 0 Å². The Kier molecular flexibility index (Phi) is 5.56. The number of benzene rings is 3. The third-order valence-corrected chi connectivity index (χ3v) is 4.43. The molecule has 0 saturated heterocycles. The molecule has 3 rings (SSSR count). The highest BCUT2D eigenvalue weighted by atomic mass is 16.1. The molecule has 0 aromatic heterocycles. The van der Waals surface area contributed by atoms with Crippen molar-refractivity contribution in [3.63, 3.8) is 0 Å². The van der Waals surface area contributed by atoms with Crippen LogP contribution in [0.2, 0.25) is 0 Å². The lowest BCUT2D eigenvalue weighted by Gasteiger charge is -2.20. The van der Waals surface area contributed by atoms with E-state index in [1.165, 1.54) is 5.56 Å². The van der Waals surface area contributed by atoms with Gasteiger partial charge in [0.2, 0.25) is 0 Å². The van der Waals surface area contributed by atoms with Crippen LogP contribution in [0.3, 0.4) is 0 Å². The number of ketones is 1. The summed E-state index contributed by atoms with van der Waals surface area (Å²) in [4.78, 5) is 12.7. The van der Waals surface area contributed by atoms with E-state index in [0.717, 1.165) is 16.9 Å². The lowest BCUT2D eigenvalue weighted by Crippen LogP contribution is -2.11. The molecular weight excluding hydrogens is 330 g/mol. The Labute approximate surface area is 161 Å². The highest BCUT2D eigenvalue weighted by Gasteiger charge is 2.14. The largest absolute Gasteiger partial charge is 0.355 e. The molecule has 0 aliphatic heterocycles. The SMILES string of the molecule is CC(C)(C)c1cccc(N/C(=C\C(=O)c2ccccc2)c2ccccc2)c1. The van der Waals surface area contributed by atoms with Gasteiger partial charge in [-0.3, -0.25) is 4.79 Å². The standard InChI is InChI=1S/C25H25NO/c1-25(2,3)21-15-10-16-22(17-21)26-23(19-11-6-4-7-12-19)18-24(27)20-13-8-5-9-14-20/h4-18,26H,1-3H3/b23-18-. The van der Waals surface area contributed by atoms with Gasteiger partial charge in [0.25, 0.3) is 0 Å². The summed E-state index contributed by atoms with van der Waals surface area (Å²) in [6.07, 6.45) is 1.68. The second-order valence-corrected chi connectivity index (χ2v) is 7.61. The molecule has 3 aromatic rings. The van der Waals surface area contributed by atoms with Crippen LogP contribution in [-0.2, 0) is 5.41 Å². The average molecular weight is 355 g/mol. The highest BCUT2D eigenvalue weighted by molar-refractivity contribution is 6.09. The highest BCUT2D eigenvalue weighted by Crippen LogP contribution is 2.26. The Balaban J connectivity index is 1.97. The Morgan fingerprint density at radius 1 is 0.778 bits per heavy atom. The first-order chi connectivity index (χ1) is 12.9. The Bertz CT molecular complexity index is 935. The van der Waals surface area contributed by atoms with E-state index < -0.39 is 0 Å². The van der Waals surface area contributed by atoms with Crippen LogP contribution in [-0.4, -0.2) is 5.78 Å². The minimum atomic E-state index is -0.0195. The average Bonchev–Trinajstić information content (AvgIpc) is 2.68. The fourth-order valence-electron chi connectivity index (χ4n) is 2.85. The van der Waals surface area contributed by atoms with Gasteiger partial charge in [0.05, 0.1) is 0 Å². The zero-order valence-electron chi connectivity index (χ0n) is 16.1. The van der Waals surface area contributed by atoms with Crippen molar-refractivity contribution in [2.24, 2.45) is 0 Å². The summed E-state index contributed by atoms with van der Waals surface area (Å²) >= 11 is 0. The molecule has 0 aliphatic carbocycles. The molecule has 0 amide bonds. The molecule has 27 heavy (non-hydrogen) atoms. The molecule has 0 fully saturated rings. The Hall–Kier alpha value is -3.13. The monoisotopic (exact) mass is 355 g/mol. The van der Waals surface area contributed by atoms with Crippen LogP contribution in [0.5, 0.6) is 0 Å². The van der Waals surface area contributed by atoms with E-state index in [1.54, 1.807) is 6.08 Å².